The predicted octanol–water partition coefficient (Wildman–Crippen LogP) is 3.01. The molecular formula is C24H33FN4O2. The number of benzene rings is 2. The Morgan fingerprint density at radius 2 is 1.94 bits per heavy atom. The van der Waals surface area contributed by atoms with Crippen LogP contribution in [0.5, 0.6) is 5.75 Å². The number of morpholine rings is 1. The number of guanidine groups is 1. The van der Waals surface area contributed by atoms with Crippen LogP contribution in [0.3, 0.4) is 0 Å². The molecule has 2 aromatic carbocycles. The smallest absolute Gasteiger partial charge is 0.191 e. The van der Waals surface area contributed by atoms with Crippen LogP contribution in [0.4, 0.5) is 4.39 Å². The van der Waals surface area contributed by atoms with E-state index in [0.29, 0.717) is 13.1 Å². The normalized spacial score (nSPS) is 16.0. The first-order chi connectivity index (χ1) is 15.2. The van der Waals surface area contributed by atoms with Crippen molar-refractivity contribution in [3.05, 3.63) is 65.5 Å². The van der Waals surface area contributed by atoms with Gasteiger partial charge in [0.2, 0.25) is 0 Å². The Kier molecular flexibility index (Phi) is 9.12. The largest absolute Gasteiger partial charge is 0.497 e. The van der Waals surface area contributed by atoms with Crippen molar-refractivity contribution < 1.29 is 13.9 Å². The fourth-order valence-electron chi connectivity index (χ4n) is 3.68. The number of hydrogen-bond acceptors (Lipinski definition) is 4. The third kappa shape index (κ3) is 7.22. The van der Waals surface area contributed by atoms with Gasteiger partial charge >= 0.3 is 0 Å². The molecule has 0 spiro atoms. The van der Waals surface area contributed by atoms with Gasteiger partial charge in [-0.15, -0.1) is 0 Å². The van der Waals surface area contributed by atoms with E-state index < -0.39 is 0 Å². The molecule has 2 aromatic rings. The van der Waals surface area contributed by atoms with Gasteiger partial charge < -0.3 is 20.1 Å². The first-order valence-electron chi connectivity index (χ1n) is 10.9. The predicted molar refractivity (Wildman–Crippen MR) is 122 cm³/mol. The molecule has 31 heavy (non-hydrogen) atoms. The van der Waals surface area contributed by atoms with Crippen molar-refractivity contribution in [3.63, 3.8) is 0 Å². The lowest BCUT2D eigenvalue weighted by Crippen LogP contribution is -2.42. The molecule has 1 aliphatic heterocycles. The second kappa shape index (κ2) is 12.3. The van der Waals surface area contributed by atoms with E-state index in [4.69, 9.17) is 14.5 Å². The summed E-state index contributed by atoms with van der Waals surface area (Å²) in [5.41, 5.74) is 2.18. The fraction of sp³-hybridized carbons (Fsp3) is 0.458. The van der Waals surface area contributed by atoms with E-state index in [2.05, 4.69) is 27.7 Å². The Bertz CT molecular complexity index is 823. The quantitative estimate of drug-likeness (QED) is 0.475. The standard InChI is InChI=1S/C24H33FN4O2/c1-3-26-24(27-12-11-19-5-4-6-21(25)17-19)28-18-23(29-13-15-31-16-14-29)20-7-9-22(30-2)10-8-20/h4-10,17,23H,3,11-16,18H2,1-2H3,(H2,26,27,28). The van der Waals surface area contributed by atoms with Gasteiger partial charge in [-0.3, -0.25) is 9.89 Å². The summed E-state index contributed by atoms with van der Waals surface area (Å²) in [6, 6.07) is 15.1. The van der Waals surface area contributed by atoms with E-state index in [1.807, 2.05) is 25.1 Å². The zero-order valence-corrected chi connectivity index (χ0v) is 18.4. The Hall–Kier alpha value is -2.64. The third-order valence-electron chi connectivity index (χ3n) is 5.35. The minimum atomic E-state index is -0.203. The van der Waals surface area contributed by atoms with E-state index in [-0.39, 0.29) is 11.9 Å². The lowest BCUT2D eigenvalue weighted by molar-refractivity contribution is 0.0179. The van der Waals surface area contributed by atoms with E-state index in [1.165, 1.54) is 11.6 Å². The lowest BCUT2D eigenvalue weighted by atomic mass is 10.0. The minimum absolute atomic E-state index is 0.161. The van der Waals surface area contributed by atoms with E-state index in [1.54, 1.807) is 19.2 Å². The van der Waals surface area contributed by atoms with Gasteiger partial charge in [-0.1, -0.05) is 24.3 Å². The Labute approximate surface area is 184 Å². The molecule has 2 N–H and O–H groups in total. The lowest BCUT2D eigenvalue weighted by Gasteiger charge is -2.34. The summed E-state index contributed by atoms with van der Waals surface area (Å²) < 4.78 is 24.2. The molecule has 0 saturated carbocycles. The highest BCUT2D eigenvalue weighted by molar-refractivity contribution is 5.79. The zero-order chi connectivity index (χ0) is 21.9. The van der Waals surface area contributed by atoms with Crippen molar-refractivity contribution in [2.24, 2.45) is 4.99 Å². The number of rotatable bonds is 9. The second-order valence-corrected chi connectivity index (χ2v) is 7.46. The first kappa shape index (κ1) is 23.0. The summed E-state index contributed by atoms with van der Waals surface area (Å²) in [5.74, 6) is 1.41. The summed E-state index contributed by atoms with van der Waals surface area (Å²) in [5, 5.41) is 6.68. The van der Waals surface area contributed by atoms with Crippen LogP contribution < -0.4 is 15.4 Å². The average molecular weight is 429 g/mol. The van der Waals surface area contributed by atoms with Crippen molar-refractivity contribution in [1.29, 1.82) is 0 Å². The summed E-state index contributed by atoms with van der Waals surface area (Å²) >= 11 is 0. The molecule has 6 nitrogen and oxygen atoms in total. The van der Waals surface area contributed by atoms with Crippen LogP contribution in [0.15, 0.2) is 53.5 Å². The summed E-state index contributed by atoms with van der Waals surface area (Å²) in [6.45, 7) is 7.38. The molecule has 0 radical (unpaired) electrons. The van der Waals surface area contributed by atoms with E-state index in [0.717, 1.165) is 56.5 Å². The average Bonchev–Trinajstić information content (AvgIpc) is 2.80. The summed E-state index contributed by atoms with van der Waals surface area (Å²) in [4.78, 5) is 7.29. The van der Waals surface area contributed by atoms with Gasteiger partial charge in [0.1, 0.15) is 11.6 Å². The molecule has 7 heteroatoms. The van der Waals surface area contributed by atoms with Gasteiger partial charge in [-0.25, -0.2) is 4.39 Å². The maximum absolute atomic E-state index is 13.4. The molecule has 168 valence electrons. The Morgan fingerprint density at radius 1 is 1.16 bits per heavy atom. The molecule has 0 bridgehead atoms. The SMILES string of the molecule is CCNC(=NCC(c1ccc(OC)cc1)N1CCOCC1)NCCc1cccc(F)c1. The fourth-order valence-corrected chi connectivity index (χ4v) is 3.68. The van der Waals surface area contributed by atoms with Gasteiger partial charge in [-0.05, 0) is 48.7 Å². The molecule has 1 atom stereocenters. The molecular weight excluding hydrogens is 395 g/mol. The van der Waals surface area contributed by atoms with Crippen LogP contribution >= 0.6 is 0 Å². The van der Waals surface area contributed by atoms with Crippen LogP contribution in [0.25, 0.3) is 0 Å². The summed E-state index contributed by atoms with van der Waals surface area (Å²) in [7, 11) is 1.68. The van der Waals surface area contributed by atoms with Crippen molar-refractivity contribution in [2.75, 3.05) is 53.0 Å². The topological polar surface area (TPSA) is 58.1 Å². The number of aliphatic imine (C=N–C) groups is 1. The molecule has 0 aliphatic carbocycles. The van der Waals surface area contributed by atoms with Crippen LogP contribution in [0.1, 0.15) is 24.1 Å². The van der Waals surface area contributed by atoms with Gasteiger partial charge in [0.15, 0.2) is 5.96 Å². The second-order valence-electron chi connectivity index (χ2n) is 7.46. The molecule has 1 saturated heterocycles. The molecule has 3 rings (SSSR count). The number of methoxy groups -OCH3 is 1. The molecule has 0 aromatic heterocycles. The zero-order valence-electron chi connectivity index (χ0n) is 18.4. The van der Waals surface area contributed by atoms with Crippen LogP contribution in [-0.2, 0) is 11.2 Å². The highest BCUT2D eigenvalue weighted by Crippen LogP contribution is 2.24. The van der Waals surface area contributed by atoms with Gasteiger partial charge in [-0.2, -0.15) is 0 Å². The third-order valence-corrected chi connectivity index (χ3v) is 5.35. The highest BCUT2D eigenvalue weighted by atomic mass is 19.1. The number of hydrogen-bond donors (Lipinski definition) is 2. The van der Waals surface area contributed by atoms with Crippen LogP contribution in [-0.4, -0.2) is 63.9 Å². The van der Waals surface area contributed by atoms with Gasteiger partial charge in [0.05, 0.1) is 32.9 Å². The van der Waals surface area contributed by atoms with E-state index in [9.17, 15) is 4.39 Å². The first-order valence-corrected chi connectivity index (χ1v) is 10.9. The maximum atomic E-state index is 13.4. The van der Waals surface area contributed by atoms with Gasteiger partial charge in [0.25, 0.3) is 0 Å². The Morgan fingerprint density at radius 3 is 2.61 bits per heavy atom. The van der Waals surface area contributed by atoms with Crippen molar-refractivity contribution >= 4 is 5.96 Å². The van der Waals surface area contributed by atoms with Crippen molar-refractivity contribution in [3.8, 4) is 5.75 Å². The molecule has 0 amide bonds. The molecule has 1 aliphatic rings. The molecule has 1 unspecified atom stereocenters. The highest BCUT2D eigenvalue weighted by Gasteiger charge is 2.22. The number of nitrogens with one attached hydrogen (secondary N) is 2. The van der Waals surface area contributed by atoms with Crippen molar-refractivity contribution in [1.82, 2.24) is 15.5 Å². The monoisotopic (exact) mass is 428 g/mol. The van der Waals surface area contributed by atoms with Crippen molar-refractivity contribution in [2.45, 2.75) is 19.4 Å². The van der Waals surface area contributed by atoms with Gasteiger partial charge in [0, 0.05) is 26.2 Å². The number of nitrogens with zero attached hydrogens (tertiary/aromatic N) is 2. The number of ether oxygens (including phenoxy) is 2. The maximum Gasteiger partial charge on any atom is 0.191 e. The minimum Gasteiger partial charge on any atom is -0.497 e. The van der Waals surface area contributed by atoms with Crippen LogP contribution in [0, 0.1) is 5.82 Å². The molecule has 1 fully saturated rings. The Balaban J connectivity index is 1.67. The van der Waals surface area contributed by atoms with E-state index >= 15 is 0 Å². The molecule has 1 heterocycles. The number of halogens is 1. The summed E-state index contributed by atoms with van der Waals surface area (Å²) in [6.07, 6.45) is 0.730. The van der Waals surface area contributed by atoms with Crippen LogP contribution in [0.2, 0.25) is 0 Å².